The van der Waals surface area contributed by atoms with Gasteiger partial charge in [-0.2, -0.15) is 0 Å². The molecule has 1 aliphatic carbocycles. The minimum absolute atomic E-state index is 0.0122. The molecule has 7 aliphatic rings. The van der Waals surface area contributed by atoms with Gasteiger partial charge in [0.2, 0.25) is 5.91 Å². The number of hydrogen-bond donors (Lipinski definition) is 3. The van der Waals surface area contributed by atoms with E-state index in [-0.39, 0.29) is 55.0 Å². The molecule has 0 aromatic heterocycles. The number of hydrogen-bond acceptors (Lipinski definition) is 14. The van der Waals surface area contributed by atoms with Gasteiger partial charge < -0.3 is 62.9 Å². The summed E-state index contributed by atoms with van der Waals surface area (Å²) in [7, 11) is 3.28. The van der Waals surface area contributed by atoms with Gasteiger partial charge in [0, 0.05) is 59.2 Å². The highest BCUT2D eigenvalue weighted by Crippen LogP contribution is 2.48. The summed E-state index contributed by atoms with van der Waals surface area (Å²) in [6.45, 7) is 17.8. The lowest BCUT2D eigenvalue weighted by molar-refractivity contribution is -0.340. The van der Waals surface area contributed by atoms with Crippen LogP contribution in [0.15, 0.2) is 47.1 Å². The summed E-state index contributed by atoms with van der Waals surface area (Å²) in [5.41, 5.74) is 0.171. The van der Waals surface area contributed by atoms with Crippen molar-refractivity contribution in [2.75, 3.05) is 20.8 Å². The van der Waals surface area contributed by atoms with E-state index in [1.807, 2.05) is 26.0 Å². The summed E-state index contributed by atoms with van der Waals surface area (Å²) < 4.78 is 64.7. The first-order valence-electron chi connectivity index (χ1n) is 24.2. The van der Waals surface area contributed by atoms with E-state index in [0.29, 0.717) is 61.5 Å². The number of fused-ring (bicyclic) bond motifs is 2. The van der Waals surface area contributed by atoms with E-state index in [2.05, 4.69) is 46.0 Å². The zero-order chi connectivity index (χ0) is 47.0. The van der Waals surface area contributed by atoms with Gasteiger partial charge in [0.15, 0.2) is 18.4 Å². The normalized spacial score (nSPS) is 47.6. The number of carbonyl (C=O) groups is 2. The second-order valence-electron chi connectivity index (χ2n) is 20.1. The molecule has 7 rings (SSSR count). The smallest absolute Gasteiger partial charge is 0.316 e. The fraction of sp³-hybridized carbons (Fsp3) is 0.800. The summed E-state index contributed by atoms with van der Waals surface area (Å²) in [6.07, 6.45) is 7.44. The maximum atomic E-state index is 14.4. The van der Waals surface area contributed by atoms with E-state index in [1.54, 1.807) is 33.3 Å². The fourth-order valence-corrected chi connectivity index (χ4v) is 11.4. The quantitative estimate of drug-likeness (QED) is 0.188. The number of allylic oxidation sites excluding steroid dienone is 2. The molecule has 1 unspecified atom stereocenters. The molecule has 0 saturated carbocycles. The summed E-state index contributed by atoms with van der Waals surface area (Å²) in [5, 5.41) is 26.7. The largest absolute Gasteiger partial charge is 0.462 e. The van der Waals surface area contributed by atoms with Crippen molar-refractivity contribution in [1.82, 2.24) is 5.32 Å². The molecule has 15 heteroatoms. The molecule has 0 aromatic carbocycles. The van der Waals surface area contributed by atoms with Crippen LogP contribution in [0.4, 0.5) is 0 Å². The number of ether oxygens (including phenoxy) is 10. The molecule has 0 aromatic rings. The Kier molecular flexibility index (Phi) is 16.3. The molecule has 366 valence electrons. The maximum Gasteiger partial charge on any atom is 0.316 e. The molecule has 6 aliphatic heterocycles. The zero-order valence-electron chi connectivity index (χ0n) is 40.4. The highest BCUT2D eigenvalue weighted by Gasteiger charge is 2.60. The number of amides is 1. The molecule has 20 atom stereocenters. The lowest BCUT2D eigenvalue weighted by Crippen LogP contribution is -2.58. The van der Waals surface area contributed by atoms with E-state index in [4.69, 9.17) is 47.4 Å². The van der Waals surface area contributed by atoms with Crippen molar-refractivity contribution >= 4 is 11.9 Å². The molecule has 5 saturated heterocycles. The van der Waals surface area contributed by atoms with Crippen molar-refractivity contribution in [2.24, 2.45) is 23.7 Å². The van der Waals surface area contributed by atoms with Crippen LogP contribution in [-0.2, 0) is 57.0 Å². The molecule has 1 amide bonds. The number of methoxy groups -OCH3 is 2. The third-order valence-corrected chi connectivity index (χ3v) is 15.3. The van der Waals surface area contributed by atoms with E-state index < -0.39 is 72.5 Å². The van der Waals surface area contributed by atoms with Gasteiger partial charge in [0.25, 0.3) is 0 Å². The fourth-order valence-electron chi connectivity index (χ4n) is 11.4. The van der Waals surface area contributed by atoms with Crippen LogP contribution in [0, 0.1) is 23.7 Å². The third kappa shape index (κ3) is 10.7. The molecule has 15 nitrogen and oxygen atoms in total. The van der Waals surface area contributed by atoms with Gasteiger partial charge in [-0.25, -0.2) is 0 Å². The standard InChI is InChI=1S/C50H77NO14/c1-12-26(2)45-29(5)18-19-49(65-45)24-36-21-35(64-49)17-16-28(4)44(27(3)14-13-15-34-25-58-47-43(53)30(6)20-37(48(54)61-36)50(34,47)55)62-41-23-39(57-11)46(32(8)60-41)63-40-22-38(56-10)42(31(7)59-40)51-33(9)52/h13-16,20,26-27,29,31-32,35-47,53,55H,12,17-19,21-25H2,1-11H3,(H,51,52)/b14-13+,28-16+,34-15+/t26?,27-,29-,31-,32-,35+,36-,37-,38-,39-,40-,41-,42+,43+,44-,45+,46-,47+,49+,50+/m0/s1. The third-order valence-electron chi connectivity index (χ3n) is 15.3. The van der Waals surface area contributed by atoms with E-state index in [1.165, 1.54) is 6.92 Å². The Morgan fingerprint density at radius 1 is 0.969 bits per heavy atom. The van der Waals surface area contributed by atoms with Gasteiger partial charge in [-0.15, -0.1) is 0 Å². The Balaban J connectivity index is 1.16. The summed E-state index contributed by atoms with van der Waals surface area (Å²) in [6, 6.07) is -0.312. The molecular weight excluding hydrogens is 839 g/mol. The Morgan fingerprint density at radius 2 is 1.68 bits per heavy atom. The van der Waals surface area contributed by atoms with E-state index in [0.717, 1.165) is 18.4 Å². The molecule has 1 spiro atoms. The zero-order valence-corrected chi connectivity index (χ0v) is 40.4. The summed E-state index contributed by atoms with van der Waals surface area (Å²) in [4.78, 5) is 26.3. The molecular formula is C50H77NO14. The highest BCUT2D eigenvalue weighted by atomic mass is 16.7. The van der Waals surface area contributed by atoms with Crippen molar-refractivity contribution in [3.63, 3.8) is 0 Å². The monoisotopic (exact) mass is 916 g/mol. The topological polar surface area (TPSA) is 179 Å². The first-order valence-corrected chi connectivity index (χ1v) is 24.2. The maximum absolute atomic E-state index is 14.4. The van der Waals surface area contributed by atoms with Crippen molar-refractivity contribution < 1.29 is 67.2 Å². The first kappa shape index (κ1) is 50.3. The number of rotatable bonds is 9. The van der Waals surface area contributed by atoms with Crippen LogP contribution in [0.25, 0.3) is 0 Å². The Bertz CT molecular complexity index is 1800. The van der Waals surface area contributed by atoms with Gasteiger partial charge in [-0.05, 0) is 69.1 Å². The van der Waals surface area contributed by atoms with Crippen LogP contribution in [-0.4, -0.2) is 140 Å². The summed E-state index contributed by atoms with van der Waals surface area (Å²) in [5.74, 6) is -2.29. The van der Waals surface area contributed by atoms with E-state index >= 15 is 0 Å². The van der Waals surface area contributed by atoms with Gasteiger partial charge in [0.05, 0.1) is 55.4 Å². The van der Waals surface area contributed by atoms with Crippen LogP contribution < -0.4 is 5.32 Å². The summed E-state index contributed by atoms with van der Waals surface area (Å²) >= 11 is 0. The molecule has 6 heterocycles. The van der Waals surface area contributed by atoms with Crippen molar-refractivity contribution in [3.8, 4) is 0 Å². The number of nitrogens with one attached hydrogen (secondary N) is 1. The minimum atomic E-state index is -1.83. The van der Waals surface area contributed by atoms with Gasteiger partial charge in [-0.3, -0.25) is 9.59 Å². The SMILES string of the molecule is CCC(C)[C@H]1O[C@]2(CC[C@@H]1C)C[C@@H]1C[C@@H](C/C=C(\C)[C@@H](O[C@H]3C[C@H](OC)[C@@H](O[C@H]4C[C@H](OC)[C@H](NC(C)=O)[C@H](C)O4)[C@H](C)O3)[C@@H](C)/C=C/C=C3\CO[C@@H]4[C@H](O)C(C)=C[C@@H](C(=O)O1)[C@]34O)O2. The predicted octanol–water partition coefficient (Wildman–Crippen LogP) is 5.75. The second kappa shape index (κ2) is 21.0. The Morgan fingerprint density at radius 3 is 2.38 bits per heavy atom. The molecule has 65 heavy (non-hydrogen) atoms. The van der Waals surface area contributed by atoms with Gasteiger partial charge in [-0.1, -0.05) is 64.5 Å². The number of esters is 1. The second-order valence-corrected chi connectivity index (χ2v) is 20.1. The molecule has 0 radical (unpaired) electrons. The number of aliphatic hydroxyl groups excluding tert-OH is 1. The lowest BCUT2D eigenvalue weighted by Gasteiger charge is -2.51. The van der Waals surface area contributed by atoms with Crippen LogP contribution in [0.5, 0.6) is 0 Å². The Labute approximate surface area is 385 Å². The lowest BCUT2D eigenvalue weighted by atomic mass is 9.71. The number of carbonyl (C=O) groups excluding carboxylic acids is 2. The first-order chi connectivity index (χ1) is 30.9. The van der Waals surface area contributed by atoms with Gasteiger partial charge >= 0.3 is 5.97 Å². The van der Waals surface area contributed by atoms with Crippen molar-refractivity contribution in [3.05, 3.63) is 47.1 Å². The van der Waals surface area contributed by atoms with E-state index in [9.17, 15) is 19.8 Å². The van der Waals surface area contributed by atoms with Crippen LogP contribution in [0.2, 0.25) is 0 Å². The Hall–Kier alpha value is -2.54. The predicted molar refractivity (Wildman–Crippen MR) is 239 cm³/mol. The van der Waals surface area contributed by atoms with Crippen LogP contribution >= 0.6 is 0 Å². The van der Waals surface area contributed by atoms with Gasteiger partial charge in [0.1, 0.15) is 35.9 Å². The number of aliphatic hydroxyl groups is 2. The molecule has 2 bridgehead atoms. The van der Waals surface area contributed by atoms with Crippen molar-refractivity contribution in [2.45, 2.75) is 211 Å². The minimum Gasteiger partial charge on any atom is -0.462 e. The molecule has 5 fully saturated rings. The molecule has 3 N–H and O–H groups in total. The van der Waals surface area contributed by atoms with Crippen molar-refractivity contribution in [1.29, 1.82) is 0 Å². The van der Waals surface area contributed by atoms with Crippen LogP contribution in [0.3, 0.4) is 0 Å². The average molecular weight is 916 g/mol. The van der Waals surface area contributed by atoms with Crippen LogP contribution in [0.1, 0.15) is 114 Å². The highest BCUT2D eigenvalue weighted by molar-refractivity contribution is 5.78. The average Bonchev–Trinajstić information content (AvgIpc) is 3.61.